The van der Waals surface area contributed by atoms with Crippen LogP contribution in [0.4, 0.5) is 4.39 Å². The molecule has 1 aromatic rings. The van der Waals surface area contributed by atoms with Crippen molar-refractivity contribution in [3.63, 3.8) is 0 Å². The minimum absolute atomic E-state index is 0.182. The molecule has 0 spiro atoms. The minimum atomic E-state index is -0.182. The van der Waals surface area contributed by atoms with E-state index in [2.05, 4.69) is 4.90 Å². The summed E-state index contributed by atoms with van der Waals surface area (Å²) in [5.41, 5.74) is 6.38. The molecule has 2 nitrogen and oxygen atoms in total. The molecule has 2 N–H and O–H groups in total. The molecule has 0 aromatic heterocycles. The maximum atomic E-state index is 12.8. The molecule has 0 atom stereocenters. The third kappa shape index (κ3) is 3.53. The Hall–Kier alpha value is -0.930. The molecular weight excluding hydrogens is 167 g/mol. The molecule has 3 heteroatoms. The van der Waals surface area contributed by atoms with Gasteiger partial charge in [-0.1, -0.05) is 12.1 Å². The van der Waals surface area contributed by atoms with Gasteiger partial charge in [-0.3, -0.25) is 0 Å². The second-order valence-electron chi connectivity index (χ2n) is 3.16. The van der Waals surface area contributed by atoms with E-state index in [1.165, 1.54) is 6.07 Å². The fraction of sp³-hybridized carbons (Fsp3) is 0.400. The zero-order valence-electron chi connectivity index (χ0n) is 7.83. The molecule has 0 amide bonds. The number of rotatable bonds is 4. The molecular formula is C10H15FN2. The first-order chi connectivity index (χ1) is 6.22. The summed E-state index contributed by atoms with van der Waals surface area (Å²) in [5.74, 6) is -0.182. The standard InChI is InChI=1S/C10H15FN2/c1-13(6-5-12)8-9-3-2-4-10(11)7-9/h2-4,7H,5-6,8,12H2,1H3. The zero-order valence-corrected chi connectivity index (χ0v) is 7.83. The summed E-state index contributed by atoms with van der Waals surface area (Å²) in [7, 11) is 1.97. The topological polar surface area (TPSA) is 29.3 Å². The van der Waals surface area contributed by atoms with Gasteiger partial charge in [0.2, 0.25) is 0 Å². The number of halogens is 1. The highest BCUT2D eigenvalue weighted by Crippen LogP contribution is 2.05. The predicted octanol–water partition coefficient (Wildman–Crippen LogP) is 1.22. The van der Waals surface area contributed by atoms with Crippen molar-refractivity contribution in [2.75, 3.05) is 20.1 Å². The SMILES string of the molecule is CN(CCN)Cc1cccc(F)c1. The lowest BCUT2D eigenvalue weighted by Crippen LogP contribution is -2.24. The van der Waals surface area contributed by atoms with Gasteiger partial charge in [-0.05, 0) is 24.7 Å². The third-order valence-electron chi connectivity index (χ3n) is 1.85. The highest BCUT2D eigenvalue weighted by molar-refractivity contribution is 5.15. The molecule has 0 fully saturated rings. The monoisotopic (exact) mass is 182 g/mol. The normalized spacial score (nSPS) is 10.8. The average molecular weight is 182 g/mol. The summed E-state index contributed by atoms with van der Waals surface area (Å²) < 4.78 is 12.8. The Morgan fingerprint density at radius 1 is 1.46 bits per heavy atom. The Morgan fingerprint density at radius 2 is 2.23 bits per heavy atom. The van der Waals surface area contributed by atoms with E-state index < -0.39 is 0 Å². The Morgan fingerprint density at radius 3 is 2.85 bits per heavy atom. The summed E-state index contributed by atoms with van der Waals surface area (Å²) >= 11 is 0. The lowest BCUT2D eigenvalue weighted by atomic mass is 10.2. The first-order valence-corrected chi connectivity index (χ1v) is 4.35. The first kappa shape index (κ1) is 10.2. The lowest BCUT2D eigenvalue weighted by molar-refractivity contribution is 0.336. The van der Waals surface area contributed by atoms with Crippen LogP contribution < -0.4 is 5.73 Å². The number of nitrogens with zero attached hydrogens (tertiary/aromatic N) is 1. The molecule has 0 saturated heterocycles. The van der Waals surface area contributed by atoms with Crippen molar-refractivity contribution in [3.8, 4) is 0 Å². The second kappa shape index (κ2) is 4.94. The smallest absolute Gasteiger partial charge is 0.123 e. The van der Waals surface area contributed by atoms with Gasteiger partial charge >= 0.3 is 0 Å². The van der Waals surface area contributed by atoms with Gasteiger partial charge in [-0.15, -0.1) is 0 Å². The van der Waals surface area contributed by atoms with Crippen molar-refractivity contribution in [3.05, 3.63) is 35.6 Å². The zero-order chi connectivity index (χ0) is 9.68. The van der Waals surface area contributed by atoms with Crippen molar-refractivity contribution in [1.29, 1.82) is 0 Å². The molecule has 0 aliphatic heterocycles. The van der Waals surface area contributed by atoms with Crippen LogP contribution in [-0.2, 0) is 6.54 Å². The maximum absolute atomic E-state index is 12.8. The number of hydrogen-bond acceptors (Lipinski definition) is 2. The highest BCUT2D eigenvalue weighted by atomic mass is 19.1. The summed E-state index contributed by atoms with van der Waals surface area (Å²) in [5, 5.41) is 0. The van der Waals surface area contributed by atoms with E-state index in [1.54, 1.807) is 12.1 Å². The van der Waals surface area contributed by atoms with Crippen molar-refractivity contribution in [2.45, 2.75) is 6.54 Å². The summed E-state index contributed by atoms with van der Waals surface area (Å²) in [4.78, 5) is 2.06. The van der Waals surface area contributed by atoms with Crippen molar-refractivity contribution in [1.82, 2.24) is 4.90 Å². The molecule has 0 aliphatic rings. The number of likely N-dealkylation sites (N-methyl/N-ethyl adjacent to an activating group) is 1. The molecule has 0 bridgehead atoms. The molecule has 0 radical (unpaired) electrons. The van der Waals surface area contributed by atoms with Crippen LogP contribution in [0.25, 0.3) is 0 Å². The lowest BCUT2D eigenvalue weighted by Gasteiger charge is -2.14. The van der Waals surface area contributed by atoms with E-state index >= 15 is 0 Å². The highest BCUT2D eigenvalue weighted by Gasteiger charge is 1.99. The molecule has 0 heterocycles. The number of nitrogens with two attached hydrogens (primary N) is 1. The molecule has 72 valence electrons. The fourth-order valence-electron chi connectivity index (χ4n) is 1.25. The van der Waals surface area contributed by atoms with E-state index in [0.29, 0.717) is 6.54 Å². The maximum Gasteiger partial charge on any atom is 0.123 e. The average Bonchev–Trinajstić information content (AvgIpc) is 2.04. The number of hydrogen-bond donors (Lipinski definition) is 1. The van der Waals surface area contributed by atoms with Crippen LogP contribution in [0, 0.1) is 5.82 Å². The third-order valence-corrected chi connectivity index (χ3v) is 1.85. The van der Waals surface area contributed by atoms with Crippen LogP contribution in [0.3, 0.4) is 0 Å². The summed E-state index contributed by atoms with van der Waals surface area (Å²) in [6, 6.07) is 6.64. The molecule has 0 aliphatic carbocycles. The van der Waals surface area contributed by atoms with Gasteiger partial charge in [0.1, 0.15) is 5.82 Å². The predicted molar refractivity (Wildman–Crippen MR) is 51.8 cm³/mol. The molecule has 1 aromatic carbocycles. The minimum Gasteiger partial charge on any atom is -0.329 e. The van der Waals surface area contributed by atoms with Gasteiger partial charge in [0.25, 0.3) is 0 Å². The molecule has 13 heavy (non-hydrogen) atoms. The van der Waals surface area contributed by atoms with Crippen LogP contribution in [-0.4, -0.2) is 25.0 Å². The van der Waals surface area contributed by atoms with Crippen molar-refractivity contribution < 1.29 is 4.39 Å². The first-order valence-electron chi connectivity index (χ1n) is 4.35. The van der Waals surface area contributed by atoms with Crippen LogP contribution >= 0.6 is 0 Å². The quantitative estimate of drug-likeness (QED) is 0.758. The van der Waals surface area contributed by atoms with Gasteiger partial charge in [-0.2, -0.15) is 0 Å². The second-order valence-corrected chi connectivity index (χ2v) is 3.16. The van der Waals surface area contributed by atoms with Crippen molar-refractivity contribution in [2.24, 2.45) is 5.73 Å². The van der Waals surface area contributed by atoms with Crippen LogP contribution in [0.15, 0.2) is 24.3 Å². The van der Waals surface area contributed by atoms with Crippen molar-refractivity contribution >= 4 is 0 Å². The van der Waals surface area contributed by atoms with Crippen LogP contribution in [0.1, 0.15) is 5.56 Å². The summed E-state index contributed by atoms with van der Waals surface area (Å²) in [6.07, 6.45) is 0. The molecule has 0 saturated carbocycles. The van der Waals surface area contributed by atoms with Gasteiger partial charge in [-0.25, -0.2) is 4.39 Å². The van der Waals surface area contributed by atoms with Gasteiger partial charge in [0.05, 0.1) is 0 Å². The number of benzene rings is 1. The van der Waals surface area contributed by atoms with Crippen LogP contribution in [0.5, 0.6) is 0 Å². The van der Waals surface area contributed by atoms with Gasteiger partial charge in [0.15, 0.2) is 0 Å². The van der Waals surface area contributed by atoms with Crippen LogP contribution in [0.2, 0.25) is 0 Å². The Balaban J connectivity index is 2.53. The molecule has 0 unspecified atom stereocenters. The van der Waals surface area contributed by atoms with Gasteiger partial charge in [0, 0.05) is 19.6 Å². The Kier molecular flexibility index (Phi) is 3.86. The van der Waals surface area contributed by atoms with Gasteiger partial charge < -0.3 is 10.6 Å². The fourth-order valence-corrected chi connectivity index (χ4v) is 1.25. The van der Waals surface area contributed by atoms with E-state index in [-0.39, 0.29) is 5.82 Å². The summed E-state index contributed by atoms with van der Waals surface area (Å²) in [6.45, 7) is 2.21. The molecule has 1 rings (SSSR count). The van der Waals surface area contributed by atoms with E-state index in [1.807, 2.05) is 13.1 Å². The van der Waals surface area contributed by atoms with E-state index in [0.717, 1.165) is 18.7 Å². The Labute approximate surface area is 78.2 Å². The Bertz CT molecular complexity index is 263. The van der Waals surface area contributed by atoms with E-state index in [9.17, 15) is 4.39 Å². The van der Waals surface area contributed by atoms with E-state index in [4.69, 9.17) is 5.73 Å². The largest absolute Gasteiger partial charge is 0.329 e.